The average Bonchev–Trinajstić information content (AvgIpc) is 3.34. The van der Waals surface area contributed by atoms with E-state index in [1.165, 1.54) is 0 Å². The van der Waals surface area contributed by atoms with Gasteiger partial charge in [-0.2, -0.15) is 5.10 Å². The van der Waals surface area contributed by atoms with Gasteiger partial charge in [-0.05, 0) is 61.7 Å². The van der Waals surface area contributed by atoms with Crippen LogP contribution in [0.5, 0.6) is 0 Å². The van der Waals surface area contributed by atoms with Gasteiger partial charge in [0, 0.05) is 45.1 Å². The molecule has 1 atom stereocenters. The largest absolute Gasteiger partial charge is 0.357 e. The van der Waals surface area contributed by atoms with Gasteiger partial charge < -0.3 is 15.5 Å². The highest BCUT2D eigenvalue weighted by molar-refractivity contribution is 5.94. The van der Waals surface area contributed by atoms with Crippen molar-refractivity contribution in [2.24, 2.45) is 4.99 Å². The molecule has 0 spiro atoms. The molecule has 168 valence electrons. The van der Waals surface area contributed by atoms with Crippen LogP contribution in [0.15, 0.2) is 72.0 Å². The third-order valence-corrected chi connectivity index (χ3v) is 5.09. The summed E-state index contributed by atoms with van der Waals surface area (Å²) in [5, 5.41) is 11.1. The van der Waals surface area contributed by atoms with Gasteiger partial charge in [-0.15, -0.1) is 0 Å². The van der Waals surface area contributed by atoms with E-state index in [2.05, 4.69) is 41.7 Å². The average molecular weight is 433 g/mol. The molecular formula is C25H32N6O. The summed E-state index contributed by atoms with van der Waals surface area (Å²) in [5.74, 6) is 0.779. The van der Waals surface area contributed by atoms with Gasteiger partial charge in [0.05, 0.1) is 11.7 Å². The molecule has 7 nitrogen and oxygen atoms in total. The van der Waals surface area contributed by atoms with Crippen LogP contribution in [0.4, 0.5) is 0 Å². The van der Waals surface area contributed by atoms with Crippen molar-refractivity contribution >= 4 is 11.9 Å². The minimum atomic E-state index is 0.0107. The van der Waals surface area contributed by atoms with E-state index in [4.69, 9.17) is 4.99 Å². The van der Waals surface area contributed by atoms with Gasteiger partial charge in [-0.1, -0.05) is 24.3 Å². The van der Waals surface area contributed by atoms with E-state index in [1.54, 1.807) is 25.2 Å². The van der Waals surface area contributed by atoms with Crippen LogP contribution in [0.1, 0.15) is 41.4 Å². The summed E-state index contributed by atoms with van der Waals surface area (Å²) in [5.41, 5.74) is 3.97. The van der Waals surface area contributed by atoms with E-state index in [0.29, 0.717) is 12.1 Å². The van der Waals surface area contributed by atoms with Crippen molar-refractivity contribution in [3.05, 3.63) is 83.7 Å². The van der Waals surface area contributed by atoms with E-state index < -0.39 is 0 Å². The molecular weight excluding hydrogens is 400 g/mol. The van der Waals surface area contributed by atoms with Gasteiger partial charge in [-0.3, -0.25) is 9.79 Å². The van der Waals surface area contributed by atoms with Crippen LogP contribution in [0, 0.1) is 0 Å². The number of hydrogen-bond donors (Lipinski definition) is 2. The monoisotopic (exact) mass is 432 g/mol. The number of carbonyl (C=O) groups excluding carboxylic acids is 1. The van der Waals surface area contributed by atoms with E-state index in [-0.39, 0.29) is 11.9 Å². The molecule has 1 unspecified atom stereocenters. The van der Waals surface area contributed by atoms with Crippen molar-refractivity contribution < 1.29 is 4.79 Å². The highest BCUT2D eigenvalue weighted by Gasteiger charge is 2.10. The number of carbonyl (C=O) groups is 1. The molecule has 3 aromatic rings. The third kappa shape index (κ3) is 6.20. The van der Waals surface area contributed by atoms with Gasteiger partial charge in [-0.25, -0.2) is 4.68 Å². The Morgan fingerprint density at radius 2 is 1.97 bits per heavy atom. The molecule has 0 radical (unpaired) electrons. The second kappa shape index (κ2) is 11.1. The first kappa shape index (κ1) is 23.1. The summed E-state index contributed by atoms with van der Waals surface area (Å²) >= 11 is 0. The maximum absolute atomic E-state index is 12.2. The third-order valence-electron chi connectivity index (χ3n) is 5.09. The van der Waals surface area contributed by atoms with Crippen LogP contribution in [0.25, 0.3) is 5.69 Å². The number of guanidine groups is 1. The van der Waals surface area contributed by atoms with Crippen molar-refractivity contribution in [3.8, 4) is 5.69 Å². The number of nitrogens with zero attached hydrogens (tertiary/aromatic N) is 4. The van der Waals surface area contributed by atoms with Gasteiger partial charge in [0.1, 0.15) is 0 Å². The molecule has 0 aliphatic carbocycles. The van der Waals surface area contributed by atoms with Gasteiger partial charge in [0.2, 0.25) is 0 Å². The zero-order valence-electron chi connectivity index (χ0n) is 19.2. The first-order valence-electron chi connectivity index (χ1n) is 10.9. The number of benzene rings is 2. The van der Waals surface area contributed by atoms with Crippen molar-refractivity contribution in [1.82, 2.24) is 25.3 Å². The lowest BCUT2D eigenvalue weighted by Gasteiger charge is -2.19. The predicted molar refractivity (Wildman–Crippen MR) is 129 cm³/mol. The molecule has 2 N–H and O–H groups in total. The lowest BCUT2D eigenvalue weighted by Crippen LogP contribution is -2.38. The lowest BCUT2D eigenvalue weighted by molar-refractivity contribution is 0.0827. The van der Waals surface area contributed by atoms with E-state index in [9.17, 15) is 4.79 Å². The Hall–Kier alpha value is -3.61. The summed E-state index contributed by atoms with van der Waals surface area (Å²) < 4.78 is 1.85. The Morgan fingerprint density at radius 3 is 2.69 bits per heavy atom. The van der Waals surface area contributed by atoms with Crippen LogP contribution < -0.4 is 10.6 Å². The van der Waals surface area contributed by atoms with Crippen LogP contribution in [0.3, 0.4) is 0 Å². The highest BCUT2D eigenvalue weighted by atomic mass is 16.2. The van der Waals surface area contributed by atoms with Crippen LogP contribution in [-0.2, 0) is 6.42 Å². The standard InChI is InChI=1S/C25H32N6O/c1-5-26-25(27-15-13-20-9-6-11-22(17-20)24(32)30(3)4)29-19(2)21-10-7-12-23(18-21)31-16-8-14-28-31/h6-12,14,16-19H,5,13,15H2,1-4H3,(H2,26,27,29). The van der Waals surface area contributed by atoms with Crippen LogP contribution in [0.2, 0.25) is 0 Å². The molecule has 0 fully saturated rings. The fourth-order valence-corrected chi connectivity index (χ4v) is 3.38. The topological polar surface area (TPSA) is 74.6 Å². The molecule has 0 saturated heterocycles. The molecule has 0 aliphatic rings. The normalized spacial score (nSPS) is 12.3. The molecule has 2 aromatic carbocycles. The molecule has 3 rings (SSSR count). The van der Waals surface area contributed by atoms with Crippen LogP contribution in [-0.4, -0.2) is 53.7 Å². The smallest absolute Gasteiger partial charge is 0.253 e. The fourth-order valence-electron chi connectivity index (χ4n) is 3.38. The number of nitrogens with one attached hydrogen (secondary N) is 2. The Bertz CT molecular complexity index is 1040. The van der Waals surface area contributed by atoms with Gasteiger partial charge >= 0.3 is 0 Å². The summed E-state index contributed by atoms with van der Waals surface area (Å²) in [6.45, 7) is 5.57. The Labute approximate surface area is 190 Å². The Morgan fingerprint density at radius 1 is 1.16 bits per heavy atom. The Kier molecular flexibility index (Phi) is 8.02. The number of hydrogen-bond acceptors (Lipinski definition) is 3. The molecule has 1 amide bonds. The molecule has 7 heteroatoms. The SMILES string of the molecule is CCNC(=NCCc1cccc(C(=O)N(C)C)c1)NC(C)c1cccc(-n2cccn2)c1. The van der Waals surface area contributed by atoms with Crippen molar-refractivity contribution in [1.29, 1.82) is 0 Å². The van der Waals surface area contributed by atoms with Gasteiger partial charge in [0.25, 0.3) is 5.91 Å². The first-order chi connectivity index (χ1) is 15.5. The van der Waals surface area contributed by atoms with Crippen molar-refractivity contribution in [3.63, 3.8) is 0 Å². The van der Waals surface area contributed by atoms with Crippen LogP contribution >= 0.6 is 0 Å². The summed E-state index contributed by atoms with van der Waals surface area (Å²) in [4.78, 5) is 18.5. The summed E-state index contributed by atoms with van der Waals surface area (Å²) in [6.07, 6.45) is 4.47. The number of amides is 1. The maximum Gasteiger partial charge on any atom is 0.253 e. The van der Waals surface area contributed by atoms with E-state index in [1.807, 2.05) is 53.3 Å². The second-order valence-electron chi connectivity index (χ2n) is 7.82. The van der Waals surface area contributed by atoms with Crippen molar-refractivity contribution in [2.75, 3.05) is 27.2 Å². The van der Waals surface area contributed by atoms with E-state index in [0.717, 1.165) is 35.7 Å². The molecule has 0 aliphatic heterocycles. The summed E-state index contributed by atoms with van der Waals surface area (Å²) in [7, 11) is 3.53. The summed E-state index contributed by atoms with van der Waals surface area (Å²) in [6, 6.07) is 18.0. The number of rotatable bonds is 8. The molecule has 32 heavy (non-hydrogen) atoms. The maximum atomic E-state index is 12.2. The number of aliphatic imine (C=N–C) groups is 1. The highest BCUT2D eigenvalue weighted by Crippen LogP contribution is 2.16. The minimum absolute atomic E-state index is 0.0107. The zero-order valence-corrected chi connectivity index (χ0v) is 19.2. The second-order valence-corrected chi connectivity index (χ2v) is 7.82. The molecule has 0 bridgehead atoms. The molecule has 1 heterocycles. The van der Waals surface area contributed by atoms with Crippen molar-refractivity contribution in [2.45, 2.75) is 26.3 Å². The quantitative estimate of drug-likeness (QED) is 0.422. The predicted octanol–water partition coefficient (Wildman–Crippen LogP) is 3.43. The fraction of sp³-hybridized carbons (Fsp3) is 0.320. The molecule has 1 aromatic heterocycles. The first-order valence-corrected chi connectivity index (χ1v) is 10.9. The minimum Gasteiger partial charge on any atom is -0.357 e. The van der Waals surface area contributed by atoms with E-state index >= 15 is 0 Å². The number of aromatic nitrogens is 2. The van der Waals surface area contributed by atoms with Gasteiger partial charge in [0.15, 0.2) is 5.96 Å². The zero-order chi connectivity index (χ0) is 22.9. The Balaban J connectivity index is 1.65. The lowest BCUT2D eigenvalue weighted by atomic mass is 10.1. The molecule has 0 saturated carbocycles.